The molecule has 1 aliphatic rings. The first-order chi connectivity index (χ1) is 14.1. The minimum atomic E-state index is -0.743. The lowest BCUT2D eigenvalue weighted by atomic mass is 10.3. The lowest BCUT2D eigenvalue weighted by Crippen LogP contribution is -2.49. The molecule has 0 unspecified atom stereocenters. The van der Waals surface area contributed by atoms with Gasteiger partial charge in [-0.05, 0) is 18.2 Å². The van der Waals surface area contributed by atoms with Crippen molar-refractivity contribution in [3.05, 3.63) is 66.4 Å². The zero-order valence-corrected chi connectivity index (χ0v) is 15.3. The summed E-state index contributed by atoms with van der Waals surface area (Å²) in [4.78, 5) is 33.0. The van der Waals surface area contributed by atoms with E-state index in [0.717, 1.165) is 12.1 Å². The summed E-state index contributed by atoms with van der Waals surface area (Å²) in [6, 6.07) is 4.93. The number of halogens is 2. The third-order valence-corrected chi connectivity index (χ3v) is 4.47. The summed E-state index contributed by atoms with van der Waals surface area (Å²) in [5.41, 5.74) is 0.263. The Morgan fingerprint density at radius 3 is 2.38 bits per heavy atom. The van der Waals surface area contributed by atoms with Crippen molar-refractivity contribution >= 4 is 23.4 Å². The second-order valence-electron chi connectivity index (χ2n) is 6.36. The van der Waals surface area contributed by atoms with Crippen LogP contribution >= 0.6 is 0 Å². The molecule has 1 aromatic carbocycles. The number of nitrogens with zero attached hydrogens (tertiary/aromatic N) is 6. The van der Waals surface area contributed by atoms with Gasteiger partial charge < -0.3 is 15.1 Å². The van der Waals surface area contributed by atoms with Crippen LogP contribution in [0, 0.1) is 11.6 Å². The van der Waals surface area contributed by atoms with Crippen LogP contribution in [0.2, 0.25) is 0 Å². The molecule has 4 rings (SSSR count). The maximum atomic E-state index is 13.7. The van der Waals surface area contributed by atoms with Crippen molar-refractivity contribution in [2.45, 2.75) is 0 Å². The van der Waals surface area contributed by atoms with E-state index in [1.54, 1.807) is 23.4 Å². The predicted molar refractivity (Wildman–Crippen MR) is 102 cm³/mol. The summed E-state index contributed by atoms with van der Waals surface area (Å²) in [5.74, 6) is -0.752. The molecule has 1 amide bonds. The van der Waals surface area contributed by atoms with Crippen molar-refractivity contribution in [3.63, 3.8) is 0 Å². The summed E-state index contributed by atoms with van der Waals surface area (Å²) < 4.78 is 26.7. The van der Waals surface area contributed by atoms with Crippen molar-refractivity contribution in [2.75, 3.05) is 36.4 Å². The number of benzene rings is 1. The zero-order chi connectivity index (χ0) is 20.2. The molecule has 3 aromatic rings. The molecule has 0 radical (unpaired) electrons. The normalized spacial score (nSPS) is 14.0. The summed E-state index contributed by atoms with van der Waals surface area (Å²) >= 11 is 0. The number of carbonyl (C=O) groups is 1. The minimum Gasteiger partial charge on any atom is -0.337 e. The molecule has 29 heavy (non-hydrogen) atoms. The van der Waals surface area contributed by atoms with Gasteiger partial charge in [0.1, 0.15) is 23.1 Å². The lowest BCUT2D eigenvalue weighted by molar-refractivity contribution is 0.0740. The zero-order valence-electron chi connectivity index (χ0n) is 15.3. The van der Waals surface area contributed by atoms with Crippen LogP contribution < -0.4 is 10.2 Å². The van der Waals surface area contributed by atoms with E-state index in [0.29, 0.717) is 32.1 Å². The van der Waals surface area contributed by atoms with E-state index in [9.17, 15) is 13.6 Å². The van der Waals surface area contributed by atoms with Gasteiger partial charge in [-0.15, -0.1) is 0 Å². The standard InChI is InChI=1S/C19H17F2N7O/c20-13-2-3-15(14(21)10-13)26-17-12-24-16(11-25-17)18(29)27-6-8-28(9-7-27)19-22-4-1-5-23-19/h1-5,10-12H,6-9H2,(H,25,26). The number of carbonyl (C=O) groups excluding carboxylic acids is 1. The van der Waals surface area contributed by atoms with Gasteiger partial charge >= 0.3 is 0 Å². The molecule has 1 aliphatic heterocycles. The SMILES string of the molecule is O=C(c1cnc(Nc2ccc(F)cc2F)cn1)N1CCN(c2ncccn2)CC1. The van der Waals surface area contributed by atoms with Gasteiger partial charge in [-0.25, -0.2) is 28.7 Å². The quantitative estimate of drug-likeness (QED) is 0.723. The van der Waals surface area contributed by atoms with E-state index in [1.807, 2.05) is 4.90 Å². The average molecular weight is 397 g/mol. The van der Waals surface area contributed by atoms with Gasteiger partial charge in [-0.2, -0.15) is 0 Å². The van der Waals surface area contributed by atoms with Gasteiger partial charge in [0.05, 0.1) is 18.1 Å². The third kappa shape index (κ3) is 4.26. The molecule has 8 nitrogen and oxygen atoms in total. The Morgan fingerprint density at radius 1 is 0.966 bits per heavy atom. The van der Waals surface area contributed by atoms with E-state index < -0.39 is 11.6 Å². The van der Waals surface area contributed by atoms with Crippen LogP contribution in [0.5, 0.6) is 0 Å². The number of hydrogen-bond donors (Lipinski definition) is 1. The van der Waals surface area contributed by atoms with Crippen LogP contribution in [0.4, 0.5) is 26.2 Å². The monoisotopic (exact) mass is 397 g/mol. The van der Waals surface area contributed by atoms with Crippen LogP contribution in [0.3, 0.4) is 0 Å². The summed E-state index contributed by atoms with van der Waals surface area (Å²) in [6.07, 6.45) is 6.04. The van der Waals surface area contributed by atoms with Gasteiger partial charge in [0, 0.05) is 44.6 Å². The maximum absolute atomic E-state index is 13.7. The number of aromatic nitrogens is 4. The molecule has 1 fully saturated rings. The highest BCUT2D eigenvalue weighted by molar-refractivity contribution is 5.92. The van der Waals surface area contributed by atoms with Crippen LogP contribution in [0.1, 0.15) is 10.5 Å². The molecule has 1 saturated heterocycles. The van der Waals surface area contributed by atoms with Crippen molar-refractivity contribution in [3.8, 4) is 0 Å². The number of amides is 1. The first-order valence-electron chi connectivity index (χ1n) is 8.95. The molecular formula is C19H17F2N7O. The van der Waals surface area contributed by atoms with Crippen LogP contribution in [-0.2, 0) is 0 Å². The third-order valence-electron chi connectivity index (χ3n) is 4.47. The molecule has 10 heteroatoms. The van der Waals surface area contributed by atoms with Crippen molar-refractivity contribution < 1.29 is 13.6 Å². The van der Waals surface area contributed by atoms with E-state index in [-0.39, 0.29) is 23.1 Å². The summed E-state index contributed by atoms with van der Waals surface area (Å²) in [5, 5.41) is 2.71. The van der Waals surface area contributed by atoms with E-state index in [2.05, 4.69) is 25.3 Å². The van der Waals surface area contributed by atoms with Gasteiger partial charge in [0.15, 0.2) is 0 Å². The number of rotatable bonds is 4. The number of hydrogen-bond acceptors (Lipinski definition) is 7. The van der Waals surface area contributed by atoms with Crippen LogP contribution in [0.15, 0.2) is 49.1 Å². The summed E-state index contributed by atoms with van der Waals surface area (Å²) in [6.45, 7) is 2.26. The predicted octanol–water partition coefficient (Wildman–Crippen LogP) is 2.25. The fourth-order valence-electron chi connectivity index (χ4n) is 2.96. The van der Waals surface area contributed by atoms with E-state index in [4.69, 9.17) is 0 Å². The lowest BCUT2D eigenvalue weighted by Gasteiger charge is -2.34. The average Bonchev–Trinajstić information content (AvgIpc) is 2.76. The van der Waals surface area contributed by atoms with Crippen LogP contribution in [0.25, 0.3) is 0 Å². The van der Waals surface area contributed by atoms with Crippen molar-refractivity contribution in [2.24, 2.45) is 0 Å². The Hall–Kier alpha value is -3.69. The van der Waals surface area contributed by atoms with Crippen molar-refractivity contribution in [1.29, 1.82) is 0 Å². The fraction of sp³-hybridized carbons (Fsp3) is 0.211. The van der Waals surface area contributed by atoms with E-state index in [1.165, 1.54) is 18.5 Å². The number of piperazine rings is 1. The Morgan fingerprint density at radius 2 is 1.72 bits per heavy atom. The molecule has 148 valence electrons. The smallest absolute Gasteiger partial charge is 0.274 e. The molecule has 1 N–H and O–H groups in total. The maximum Gasteiger partial charge on any atom is 0.274 e. The number of anilines is 3. The van der Waals surface area contributed by atoms with Gasteiger partial charge in [0.2, 0.25) is 5.95 Å². The Bertz CT molecular complexity index is 993. The highest BCUT2D eigenvalue weighted by Crippen LogP contribution is 2.19. The molecule has 0 bridgehead atoms. The molecule has 2 aromatic heterocycles. The number of nitrogens with one attached hydrogen (secondary N) is 1. The minimum absolute atomic E-state index is 0.0685. The molecule has 0 spiro atoms. The van der Waals surface area contributed by atoms with Crippen LogP contribution in [-0.4, -0.2) is 56.9 Å². The Balaban J connectivity index is 1.37. The molecular weight excluding hydrogens is 380 g/mol. The molecule has 3 heterocycles. The summed E-state index contributed by atoms with van der Waals surface area (Å²) in [7, 11) is 0. The molecule has 0 aliphatic carbocycles. The molecule has 0 saturated carbocycles. The Kier molecular flexibility index (Phi) is 5.23. The Labute approximate surface area is 165 Å². The fourth-order valence-corrected chi connectivity index (χ4v) is 2.96. The van der Waals surface area contributed by atoms with Gasteiger partial charge in [-0.1, -0.05) is 0 Å². The first-order valence-corrected chi connectivity index (χ1v) is 8.95. The first kappa shape index (κ1) is 18.7. The highest BCUT2D eigenvalue weighted by Gasteiger charge is 2.24. The highest BCUT2D eigenvalue weighted by atomic mass is 19.1. The van der Waals surface area contributed by atoms with Gasteiger partial charge in [-0.3, -0.25) is 4.79 Å². The van der Waals surface area contributed by atoms with Crippen molar-refractivity contribution in [1.82, 2.24) is 24.8 Å². The van der Waals surface area contributed by atoms with E-state index >= 15 is 0 Å². The molecule has 0 atom stereocenters. The largest absolute Gasteiger partial charge is 0.337 e. The second-order valence-corrected chi connectivity index (χ2v) is 6.36. The topological polar surface area (TPSA) is 87.1 Å². The van der Waals surface area contributed by atoms with Gasteiger partial charge in [0.25, 0.3) is 5.91 Å². The second kappa shape index (κ2) is 8.13.